The molecule has 0 unspecified atom stereocenters. The maximum Gasteiger partial charge on any atom is 0.320 e. The number of ether oxygens (including phenoxy) is 1. The van der Waals surface area contributed by atoms with Crippen LogP contribution in [0.25, 0.3) is 0 Å². The van der Waals surface area contributed by atoms with Crippen LogP contribution in [0.2, 0.25) is 0 Å². The van der Waals surface area contributed by atoms with Gasteiger partial charge in [-0.25, -0.2) is 4.98 Å². The third-order valence-corrected chi connectivity index (χ3v) is 2.47. The highest BCUT2D eigenvalue weighted by Gasteiger charge is 2.34. The lowest BCUT2D eigenvalue weighted by atomic mass is 10.6. The predicted molar refractivity (Wildman–Crippen MR) is 74.0 cm³/mol. The van der Waals surface area contributed by atoms with Gasteiger partial charge in [0.1, 0.15) is 6.61 Å². The molecule has 0 amide bonds. The van der Waals surface area contributed by atoms with E-state index in [0.29, 0.717) is 0 Å². The van der Waals surface area contributed by atoms with Gasteiger partial charge < -0.3 is 4.74 Å². The lowest BCUT2D eigenvalue weighted by Gasteiger charge is -2.15. The topological polar surface area (TPSA) is 47.9 Å². The van der Waals surface area contributed by atoms with E-state index in [-0.39, 0.29) is 24.3 Å². The fourth-order valence-corrected chi connectivity index (χ4v) is 1.32. The Morgan fingerprint density at radius 1 is 0.944 bits per heavy atom. The second kappa shape index (κ2) is 6.16. The molecule has 0 atom stereocenters. The van der Waals surface area contributed by atoms with Gasteiger partial charge in [-0.2, -0.15) is 9.97 Å². The van der Waals surface area contributed by atoms with E-state index in [1.54, 1.807) is 0 Å². The normalized spacial score (nSPS) is 12.3. The fourth-order valence-electron chi connectivity index (χ4n) is 0.808. The molecule has 0 aliphatic rings. The van der Waals surface area contributed by atoms with Gasteiger partial charge in [-0.3, -0.25) is 0 Å². The molecule has 0 saturated heterocycles. The smallest absolute Gasteiger partial charge is 0.320 e. The Morgan fingerprint density at radius 3 is 1.72 bits per heavy atom. The first kappa shape index (κ1) is 16.3. The van der Waals surface area contributed by atoms with Crippen LogP contribution in [0.3, 0.4) is 0 Å². The van der Waals surface area contributed by atoms with Crippen LogP contribution in [0.4, 0.5) is 0 Å². The van der Waals surface area contributed by atoms with Crippen molar-refractivity contribution in [3.05, 3.63) is 24.3 Å². The Bertz CT molecular complexity index is 409. The molecule has 0 bridgehead atoms. The van der Waals surface area contributed by atoms with Crippen LogP contribution < -0.4 is 4.74 Å². The van der Waals surface area contributed by atoms with Gasteiger partial charge >= 0.3 is 6.01 Å². The Morgan fingerprint density at radius 2 is 1.39 bits per heavy atom. The van der Waals surface area contributed by atoms with Crippen molar-refractivity contribution in [2.45, 2.75) is 7.59 Å². The molecule has 0 aromatic carbocycles. The predicted octanol–water partition coefficient (Wildman–Crippen LogP) is 4.09. The first-order valence-corrected chi connectivity index (χ1v) is 6.55. The Labute approximate surface area is 133 Å². The van der Waals surface area contributed by atoms with E-state index in [9.17, 15) is 0 Å². The van der Waals surface area contributed by atoms with Crippen molar-refractivity contribution < 1.29 is 4.74 Å². The van der Waals surface area contributed by atoms with Gasteiger partial charge in [-0.15, -0.1) is 0 Å². The van der Waals surface area contributed by atoms with Gasteiger partial charge in [-0.1, -0.05) is 82.3 Å². The molecule has 0 aliphatic heterocycles. The van der Waals surface area contributed by atoms with Gasteiger partial charge in [0.05, 0.1) is 0 Å². The molecular formula is C8H5Cl6N3O. The average Bonchev–Trinajstić information content (AvgIpc) is 2.23. The number of alkyl halides is 6. The summed E-state index contributed by atoms with van der Waals surface area (Å²) in [6, 6.07) is -0.132. The van der Waals surface area contributed by atoms with E-state index < -0.39 is 7.59 Å². The van der Waals surface area contributed by atoms with Gasteiger partial charge in [0.15, 0.2) is 11.6 Å². The minimum Gasteiger partial charge on any atom is -0.459 e. The first-order valence-electron chi connectivity index (χ1n) is 4.28. The molecule has 1 heterocycles. The SMILES string of the molecule is C=CCOc1nc(C(Cl)(Cl)Cl)nc(C(Cl)(Cl)Cl)n1. The first-order chi connectivity index (χ1) is 8.14. The zero-order valence-electron chi connectivity index (χ0n) is 8.51. The van der Waals surface area contributed by atoms with E-state index in [1.165, 1.54) is 6.08 Å². The quantitative estimate of drug-likeness (QED) is 0.593. The third-order valence-electron chi connectivity index (χ3n) is 1.45. The maximum atomic E-state index is 5.66. The molecular weight excluding hydrogens is 367 g/mol. The number of nitrogens with zero attached hydrogens (tertiary/aromatic N) is 3. The highest BCUT2D eigenvalue weighted by Crippen LogP contribution is 2.40. The minimum absolute atomic E-state index is 0.132. The van der Waals surface area contributed by atoms with Crippen molar-refractivity contribution in [1.29, 1.82) is 0 Å². The number of halogens is 6. The number of hydrogen-bond acceptors (Lipinski definition) is 4. The zero-order valence-corrected chi connectivity index (χ0v) is 13.0. The summed E-state index contributed by atoms with van der Waals surface area (Å²) in [6.07, 6.45) is 1.48. The molecule has 100 valence electrons. The summed E-state index contributed by atoms with van der Waals surface area (Å²) in [5, 5.41) is 0. The van der Waals surface area contributed by atoms with Crippen LogP contribution >= 0.6 is 69.6 Å². The van der Waals surface area contributed by atoms with Crippen molar-refractivity contribution in [2.75, 3.05) is 6.61 Å². The molecule has 4 nitrogen and oxygen atoms in total. The lowest BCUT2D eigenvalue weighted by molar-refractivity contribution is 0.328. The molecule has 1 aromatic heterocycles. The Kier molecular flexibility index (Phi) is 5.59. The summed E-state index contributed by atoms with van der Waals surface area (Å²) in [6.45, 7) is 3.61. The van der Waals surface area contributed by atoms with Crippen molar-refractivity contribution in [3.63, 3.8) is 0 Å². The summed E-state index contributed by atoms with van der Waals surface area (Å²) in [5.41, 5.74) is 0. The van der Waals surface area contributed by atoms with Gasteiger partial charge in [-0.05, 0) is 0 Å². The van der Waals surface area contributed by atoms with Crippen LogP contribution in [0.15, 0.2) is 12.7 Å². The van der Waals surface area contributed by atoms with E-state index in [4.69, 9.17) is 74.3 Å². The van der Waals surface area contributed by atoms with Crippen molar-refractivity contribution in [3.8, 4) is 6.01 Å². The van der Waals surface area contributed by atoms with Crippen molar-refractivity contribution in [2.24, 2.45) is 0 Å². The lowest BCUT2D eigenvalue weighted by Crippen LogP contribution is -2.17. The van der Waals surface area contributed by atoms with E-state index >= 15 is 0 Å². The van der Waals surface area contributed by atoms with E-state index in [0.717, 1.165) is 0 Å². The summed E-state index contributed by atoms with van der Waals surface area (Å²) < 4.78 is 1.32. The van der Waals surface area contributed by atoms with Crippen LogP contribution in [0.5, 0.6) is 6.01 Å². The average molecular weight is 372 g/mol. The standard InChI is InChI=1S/C8H5Cl6N3O/c1-2-3-18-6-16-4(7(9,10)11)15-5(17-6)8(12,13)14/h2H,1,3H2. The second-order valence-electron chi connectivity index (χ2n) is 2.86. The van der Waals surface area contributed by atoms with Crippen molar-refractivity contribution >= 4 is 69.6 Å². The molecule has 0 spiro atoms. The van der Waals surface area contributed by atoms with E-state index in [1.807, 2.05) is 0 Å². The zero-order chi connectivity index (χ0) is 14.0. The number of hydrogen-bond donors (Lipinski definition) is 0. The summed E-state index contributed by atoms with van der Waals surface area (Å²) in [5.74, 6) is -0.411. The van der Waals surface area contributed by atoms with Crippen molar-refractivity contribution in [1.82, 2.24) is 15.0 Å². The van der Waals surface area contributed by atoms with Crippen LogP contribution in [-0.4, -0.2) is 21.6 Å². The molecule has 1 aromatic rings. The fraction of sp³-hybridized carbons (Fsp3) is 0.375. The molecule has 0 fully saturated rings. The monoisotopic (exact) mass is 369 g/mol. The molecule has 0 N–H and O–H groups in total. The largest absolute Gasteiger partial charge is 0.459 e. The van der Waals surface area contributed by atoms with Gasteiger partial charge in [0.2, 0.25) is 7.59 Å². The molecule has 0 aliphatic carbocycles. The molecule has 0 radical (unpaired) electrons. The summed E-state index contributed by atoms with van der Waals surface area (Å²) >= 11 is 34.0. The third kappa shape index (κ3) is 4.76. The Hall–Kier alpha value is 0.290. The van der Waals surface area contributed by atoms with Crippen LogP contribution in [-0.2, 0) is 7.59 Å². The second-order valence-corrected chi connectivity index (χ2v) is 7.42. The van der Waals surface area contributed by atoms with Crippen LogP contribution in [0, 0.1) is 0 Å². The summed E-state index contributed by atoms with van der Waals surface area (Å²) in [4.78, 5) is 11.3. The Balaban J connectivity index is 3.24. The highest BCUT2D eigenvalue weighted by atomic mass is 35.6. The van der Waals surface area contributed by atoms with Gasteiger partial charge in [0, 0.05) is 0 Å². The maximum absolute atomic E-state index is 5.66. The molecule has 1 rings (SSSR count). The number of aromatic nitrogens is 3. The molecule has 10 heteroatoms. The van der Waals surface area contributed by atoms with E-state index in [2.05, 4.69) is 21.5 Å². The molecule has 18 heavy (non-hydrogen) atoms. The molecule has 0 saturated carbocycles. The highest BCUT2D eigenvalue weighted by molar-refractivity contribution is 6.67. The minimum atomic E-state index is -1.89. The van der Waals surface area contributed by atoms with Gasteiger partial charge in [0.25, 0.3) is 0 Å². The van der Waals surface area contributed by atoms with Crippen LogP contribution in [0.1, 0.15) is 11.6 Å². The summed E-state index contributed by atoms with van der Waals surface area (Å²) in [7, 11) is 0. The number of rotatable bonds is 3.